The van der Waals surface area contributed by atoms with Gasteiger partial charge in [0.05, 0.1) is 0 Å². The Bertz CT molecular complexity index is 934. The minimum absolute atomic E-state index is 0.214. The van der Waals surface area contributed by atoms with E-state index in [1.807, 2.05) is 24.3 Å². The number of halogens is 1. The fourth-order valence-electron chi connectivity index (χ4n) is 2.27. The third-order valence-corrected chi connectivity index (χ3v) is 4.00. The van der Waals surface area contributed by atoms with Crippen LogP contribution in [0, 0.1) is 0 Å². The molecule has 2 aromatic rings. The Morgan fingerprint density at radius 1 is 1.00 bits per heavy atom. The van der Waals surface area contributed by atoms with Crippen molar-refractivity contribution < 1.29 is 19.1 Å². The molecule has 0 unspecified atom stereocenters. The molecule has 0 aliphatic carbocycles. The fraction of sp³-hybridized carbons (Fsp3) is 0.227. The quantitative estimate of drug-likeness (QED) is 0.535. The molecule has 0 aliphatic rings. The van der Waals surface area contributed by atoms with Crippen molar-refractivity contribution in [2.45, 2.75) is 26.4 Å². The van der Waals surface area contributed by atoms with Crippen molar-refractivity contribution >= 4 is 51.3 Å². The maximum absolute atomic E-state index is 12.0. The van der Waals surface area contributed by atoms with Crippen LogP contribution in [-0.2, 0) is 14.3 Å². The molecule has 0 saturated carbocycles. The molecule has 0 aromatic heterocycles. The topological polar surface area (TPSA) is 96.5 Å². The Hall–Kier alpha value is -3.13. The van der Waals surface area contributed by atoms with Gasteiger partial charge in [0, 0.05) is 21.9 Å². The van der Waals surface area contributed by atoms with Crippen molar-refractivity contribution in [2.75, 3.05) is 17.2 Å². The van der Waals surface area contributed by atoms with Crippen LogP contribution in [0.15, 0.2) is 59.1 Å². The average molecular weight is 474 g/mol. The third kappa shape index (κ3) is 8.91. The molecule has 2 rings (SSSR count). The zero-order valence-corrected chi connectivity index (χ0v) is 18.6. The molecule has 0 radical (unpaired) electrons. The summed E-state index contributed by atoms with van der Waals surface area (Å²) in [5, 5.41) is 7.78. The summed E-state index contributed by atoms with van der Waals surface area (Å²) >= 11 is 3.38. The molecule has 158 valence electrons. The number of carbonyl (C=O) groups excluding carboxylic acids is 3. The van der Waals surface area contributed by atoms with Gasteiger partial charge in [-0.25, -0.2) is 4.79 Å². The molecule has 0 fully saturated rings. The van der Waals surface area contributed by atoms with E-state index in [2.05, 4.69) is 31.9 Å². The highest BCUT2D eigenvalue weighted by Crippen LogP contribution is 2.15. The van der Waals surface area contributed by atoms with E-state index in [0.717, 1.165) is 10.0 Å². The number of amides is 3. The minimum atomic E-state index is -0.661. The van der Waals surface area contributed by atoms with Crippen LogP contribution in [0.4, 0.5) is 16.2 Å². The zero-order valence-electron chi connectivity index (χ0n) is 17.0. The second-order valence-electron chi connectivity index (χ2n) is 7.36. The Morgan fingerprint density at radius 2 is 1.63 bits per heavy atom. The van der Waals surface area contributed by atoms with E-state index >= 15 is 0 Å². The SMILES string of the molecule is CC(C)(C)OC(=O)NCC(=O)Nc1ccc(NC(=O)/C=C/c2cccc(Br)c2)cc1. The maximum atomic E-state index is 12.0. The van der Waals surface area contributed by atoms with Crippen LogP contribution in [0.3, 0.4) is 0 Å². The third-order valence-electron chi connectivity index (χ3n) is 3.50. The molecular weight excluding hydrogens is 450 g/mol. The predicted molar refractivity (Wildman–Crippen MR) is 121 cm³/mol. The molecule has 0 atom stereocenters. The first-order chi connectivity index (χ1) is 14.1. The number of ether oxygens (including phenoxy) is 1. The monoisotopic (exact) mass is 473 g/mol. The van der Waals surface area contributed by atoms with E-state index in [0.29, 0.717) is 11.4 Å². The average Bonchev–Trinajstić information content (AvgIpc) is 2.65. The lowest BCUT2D eigenvalue weighted by atomic mass is 10.2. The normalized spacial score (nSPS) is 11.1. The fourth-order valence-corrected chi connectivity index (χ4v) is 2.69. The number of nitrogens with one attached hydrogen (secondary N) is 3. The van der Waals surface area contributed by atoms with Gasteiger partial charge >= 0.3 is 6.09 Å². The Morgan fingerprint density at radius 3 is 2.23 bits per heavy atom. The van der Waals surface area contributed by atoms with Crippen molar-refractivity contribution in [2.24, 2.45) is 0 Å². The standard InChI is InChI=1S/C22H24BrN3O4/c1-22(2,3)30-21(29)24-14-20(28)26-18-10-8-17(9-11-18)25-19(27)12-7-15-5-4-6-16(23)13-15/h4-13H,14H2,1-3H3,(H,24,29)(H,25,27)(H,26,28)/b12-7+. The van der Waals surface area contributed by atoms with Crippen molar-refractivity contribution in [3.63, 3.8) is 0 Å². The van der Waals surface area contributed by atoms with Gasteiger partial charge in [0.25, 0.3) is 0 Å². The number of rotatable bonds is 6. The van der Waals surface area contributed by atoms with Gasteiger partial charge in [0.2, 0.25) is 11.8 Å². The molecule has 3 amide bonds. The van der Waals surface area contributed by atoms with Crippen molar-refractivity contribution in [1.82, 2.24) is 5.32 Å². The summed E-state index contributed by atoms with van der Waals surface area (Å²) in [7, 11) is 0. The first kappa shape index (κ1) is 23.2. The lowest BCUT2D eigenvalue weighted by Crippen LogP contribution is -2.37. The van der Waals surface area contributed by atoms with Crippen LogP contribution in [0.5, 0.6) is 0 Å². The zero-order chi connectivity index (χ0) is 22.1. The van der Waals surface area contributed by atoms with Gasteiger partial charge in [-0.05, 0) is 68.8 Å². The van der Waals surface area contributed by atoms with E-state index in [4.69, 9.17) is 4.74 Å². The van der Waals surface area contributed by atoms with Crippen LogP contribution in [0.2, 0.25) is 0 Å². The molecular formula is C22H24BrN3O4. The number of hydrogen-bond acceptors (Lipinski definition) is 4. The number of benzene rings is 2. The molecule has 0 heterocycles. The molecule has 0 spiro atoms. The van der Waals surface area contributed by atoms with Crippen LogP contribution < -0.4 is 16.0 Å². The molecule has 7 nitrogen and oxygen atoms in total. The smallest absolute Gasteiger partial charge is 0.408 e. The molecule has 0 saturated heterocycles. The Kier molecular flexibility index (Phi) is 8.17. The van der Waals surface area contributed by atoms with Gasteiger partial charge in [0.1, 0.15) is 12.1 Å². The highest BCUT2D eigenvalue weighted by Gasteiger charge is 2.16. The molecule has 2 aromatic carbocycles. The number of carbonyl (C=O) groups is 3. The van der Waals surface area contributed by atoms with Crippen LogP contribution in [0.25, 0.3) is 6.08 Å². The van der Waals surface area contributed by atoms with Crippen molar-refractivity contribution in [1.29, 1.82) is 0 Å². The van der Waals surface area contributed by atoms with Crippen LogP contribution in [-0.4, -0.2) is 30.1 Å². The van der Waals surface area contributed by atoms with Gasteiger partial charge in [-0.15, -0.1) is 0 Å². The summed E-state index contributed by atoms with van der Waals surface area (Å²) in [6.07, 6.45) is 2.50. The highest BCUT2D eigenvalue weighted by molar-refractivity contribution is 9.10. The van der Waals surface area contributed by atoms with E-state index in [9.17, 15) is 14.4 Å². The van der Waals surface area contributed by atoms with Gasteiger partial charge in [-0.3, -0.25) is 9.59 Å². The molecule has 0 aliphatic heterocycles. The van der Waals surface area contributed by atoms with Gasteiger partial charge in [-0.1, -0.05) is 28.1 Å². The summed E-state index contributed by atoms with van der Waals surface area (Å²) in [6.45, 7) is 5.00. The summed E-state index contributed by atoms with van der Waals surface area (Å²) in [6, 6.07) is 14.2. The largest absolute Gasteiger partial charge is 0.444 e. The molecule has 30 heavy (non-hydrogen) atoms. The van der Waals surface area contributed by atoms with Crippen molar-refractivity contribution in [3.8, 4) is 0 Å². The number of hydrogen-bond donors (Lipinski definition) is 3. The lowest BCUT2D eigenvalue weighted by Gasteiger charge is -2.19. The van der Waals surface area contributed by atoms with Gasteiger partial charge in [0.15, 0.2) is 0 Å². The first-order valence-corrected chi connectivity index (χ1v) is 10.0. The van der Waals surface area contributed by atoms with Gasteiger partial charge in [-0.2, -0.15) is 0 Å². The van der Waals surface area contributed by atoms with E-state index in [1.54, 1.807) is 51.1 Å². The predicted octanol–water partition coefficient (Wildman–Crippen LogP) is 4.56. The minimum Gasteiger partial charge on any atom is -0.444 e. The molecule has 0 bridgehead atoms. The molecule has 8 heteroatoms. The Labute approximate surface area is 184 Å². The van der Waals surface area contributed by atoms with Crippen LogP contribution >= 0.6 is 15.9 Å². The van der Waals surface area contributed by atoms with Crippen molar-refractivity contribution in [3.05, 3.63) is 64.6 Å². The van der Waals surface area contributed by atoms with Crippen LogP contribution in [0.1, 0.15) is 26.3 Å². The summed E-state index contributed by atoms with van der Waals surface area (Å²) in [5.41, 5.74) is 1.39. The van der Waals surface area contributed by atoms with E-state index in [-0.39, 0.29) is 12.5 Å². The highest BCUT2D eigenvalue weighted by atomic mass is 79.9. The molecule has 3 N–H and O–H groups in total. The Balaban J connectivity index is 1.80. The summed E-state index contributed by atoms with van der Waals surface area (Å²) < 4.78 is 6.00. The second kappa shape index (κ2) is 10.6. The first-order valence-electron chi connectivity index (χ1n) is 9.22. The summed E-state index contributed by atoms with van der Waals surface area (Å²) in [5.74, 6) is -0.664. The summed E-state index contributed by atoms with van der Waals surface area (Å²) in [4.78, 5) is 35.5. The van der Waals surface area contributed by atoms with Gasteiger partial charge < -0.3 is 20.7 Å². The number of anilines is 2. The maximum Gasteiger partial charge on any atom is 0.408 e. The van der Waals surface area contributed by atoms with E-state index in [1.165, 1.54) is 6.08 Å². The second-order valence-corrected chi connectivity index (χ2v) is 8.27. The van der Waals surface area contributed by atoms with E-state index < -0.39 is 17.6 Å². The lowest BCUT2D eigenvalue weighted by molar-refractivity contribution is -0.115. The number of alkyl carbamates (subject to hydrolysis) is 1.